The van der Waals surface area contributed by atoms with Gasteiger partial charge < -0.3 is 11.1 Å². The molecule has 0 unspecified atom stereocenters. The van der Waals surface area contributed by atoms with Crippen LogP contribution in [0.1, 0.15) is 15.2 Å². The predicted octanol–water partition coefficient (Wildman–Crippen LogP) is -0.775. The fourth-order valence-corrected chi connectivity index (χ4v) is 2.30. The maximum absolute atomic E-state index is 10.8. The summed E-state index contributed by atoms with van der Waals surface area (Å²) in [5.41, 5.74) is 5.56. The average Bonchev–Trinajstić information content (AvgIpc) is 2.59. The number of hydrogen-bond donors (Lipinski definition) is 3. The standard InChI is InChI=1S/C8H13N3O3S2/c9-8(12)6-3-7(15-5-6)4-11-1-2-16(10,13)14/h3,5,11H,1-2,4H2,(H2,9,12)(H2,10,13,14). The van der Waals surface area contributed by atoms with Crippen LogP contribution in [0, 0.1) is 0 Å². The van der Waals surface area contributed by atoms with Crippen molar-refractivity contribution in [1.82, 2.24) is 5.32 Å². The van der Waals surface area contributed by atoms with E-state index in [1.165, 1.54) is 11.3 Å². The second kappa shape index (κ2) is 5.39. The van der Waals surface area contributed by atoms with Crippen LogP contribution in [0.3, 0.4) is 0 Å². The third kappa shape index (κ3) is 4.71. The molecular formula is C8H13N3O3S2. The summed E-state index contributed by atoms with van der Waals surface area (Å²) < 4.78 is 21.2. The molecule has 1 rings (SSSR count). The highest BCUT2D eigenvalue weighted by Gasteiger charge is 2.05. The van der Waals surface area contributed by atoms with Crippen molar-refractivity contribution in [1.29, 1.82) is 0 Å². The number of hydrogen-bond acceptors (Lipinski definition) is 5. The number of carbonyl (C=O) groups is 1. The number of nitrogens with two attached hydrogens (primary N) is 2. The van der Waals surface area contributed by atoms with Crippen LogP contribution in [-0.4, -0.2) is 26.6 Å². The number of thiophene rings is 1. The quantitative estimate of drug-likeness (QED) is 0.584. The summed E-state index contributed by atoms with van der Waals surface area (Å²) in [6.07, 6.45) is 0. The number of nitrogens with one attached hydrogen (secondary N) is 1. The Morgan fingerprint density at radius 1 is 1.50 bits per heavy atom. The minimum absolute atomic E-state index is 0.110. The Kier molecular flexibility index (Phi) is 4.42. The Bertz CT molecular complexity index is 467. The Labute approximate surface area is 97.7 Å². The molecule has 6 nitrogen and oxygen atoms in total. The van der Waals surface area contributed by atoms with Crippen LogP contribution in [0.4, 0.5) is 0 Å². The molecule has 1 amide bonds. The fraction of sp³-hybridized carbons (Fsp3) is 0.375. The lowest BCUT2D eigenvalue weighted by molar-refractivity contribution is 0.100. The lowest BCUT2D eigenvalue weighted by atomic mass is 10.3. The van der Waals surface area contributed by atoms with Crippen molar-refractivity contribution < 1.29 is 13.2 Å². The minimum atomic E-state index is -3.42. The molecule has 0 saturated carbocycles. The maximum Gasteiger partial charge on any atom is 0.249 e. The molecule has 1 aromatic heterocycles. The summed E-state index contributed by atoms with van der Waals surface area (Å²) in [4.78, 5) is 11.7. The van der Waals surface area contributed by atoms with Gasteiger partial charge in [-0.2, -0.15) is 0 Å². The van der Waals surface area contributed by atoms with Gasteiger partial charge in [-0.3, -0.25) is 4.79 Å². The zero-order valence-electron chi connectivity index (χ0n) is 8.47. The second-order valence-corrected chi connectivity index (χ2v) is 5.94. The molecule has 90 valence electrons. The highest BCUT2D eigenvalue weighted by molar-refractivity contribution is 7.89. The molecule has 8 heteroatoms. The van der Waals surface area contributed by atoms with Gasteiger partial charge in [-0.25, -0.2) is 13.6 Å². The van der Waals surface area contributed by atoms with E-state index >= 15 is 0 Å². The summed E-state index contributed by atoms with van der Waals surface area (Å²) in [6, 6.07) is 1.68. The Balaban J connectivity index is 2.35. The Hall–Kier alpha value is -0.960. The van der Waals surface area contributed by atoms with Gasteiger partial charge in [-0.1, -0.05) is 0 Å². The van der Waals surface area contributed by atoms with Gasteiger partial charge >= 0.3 is 0 Å². The van der Waals surface area contributed by atoms with Crippen LogP contribution < -0.4 is 16.2 Å². The Morgan fingerprint density at radius 3 is 2.69 bits per heavy atom. The van der Waals surface area contributed by atoms with Gasteiger partial charge in [0.15, 0.2) is 0 Å². The van der Waals surface area contributed by atoms with Crippen LogP contribution in [-0.2, 0) is 16.6 Å². The number of primary amides is 1. The molecule has 16 heavy (non-hydrogen) atoms. The topological polar surface area (TPSA) is 115 Å². The highest BCUT2D eigenvalue weighted by atomic mass is 32.2. The van der Waals surface area contributed by atoms with Gasteiger partial charge in [0.05, 0.1) is 11.3 Å². The van der Waals surface area contributed by atoms with Crippen LogP contribution in [0.2, 0.25) is 0 Å². The maximum atomic E-state index is 10.8. The van der Waals surface area contributed by atoms with E-state index < -0.39 is 15.9 Å². The van der Waals surface area contributed by atoms with E-state index in [9.17, 15) is 13.2 Å². The number of rotatable bonds is 6. The van der Waals surface area contributed by atoms with E-state index in [4.69, 9.17) is 10.9 Å². The van der Waals surface area contributed by atoms with Crippen molar-refractivity contribution in [2.24, 2.45) is 10.9 Å². The van der Waals surface area contributed by atoms with Crippen molar-refractivity contribution in [2.75, 3.05) is 12.3 Å². The molecule has 1 aromatic rings. The van der Waals surface area contributed by atoms with E-state index in [-0.39, 0.29) is 12.3 Å². The molecule has 0 fully saturated rings. The number of primary sulfonamides is 1. The zero-order chi connectivity index (χ0) is 12.2. The van der Waals surface area contributed by atoms with Crippen molar-refractivity contribution in [3.63, 3.8) is 0 Å². The normalized spacial score (nSPS) is 11.6. The first-order valence-corrected chi connectivity index (χ1v) is 7.06. The SMILES string of the molecule is NC(=O)c1csc(CNCCS(N)(=O)=O)c1. The third-order valence-electron chi connectivity index (χ3n) is 1.80. The first-order chi connectivity index (χ1) is 7.38. The molecular weight excluding hydrogens is 250 g/mol. The molecule has 0 radical (unpaired) electrons. The molecule has 0 saturated heterocycles. The smallest absolute Gasteiger partial charge is 0.249 e. The molecule has 0 bridgehead atoms. The molecule has 1 heterocycles. The summed E-state index contributed by atoms with van der Waals surface area (Å²) in [7, 11) is -3.42. The first-order valence-electron chi connectivity index (χ1n) is 4.47. The average molecular weight is 263 g/mol. The first kappa shape index (κ1) is 13.1. The number of amides is 1. The molecule has 0 aromatic carbocycles. The van der Waals surface area contributed by atoms with E-state index in [2.05, 4.69) is 5.32 Å². The molecule has 5 N–H and O–H groups in total. The monoisotopic (exact) mass is 263 g/mol. The second-order valence-electron chi connectivity index (χ2n) is 3.21. The van der Waals surface area contributed by atoms with Gasteiger partial charge in [-0.15, -0.1) is 11.3 Å². The van der Waals surface area contributed by atoms with Gasteiger partial charge in [0, 0.05) is 23.3 Å². The largest absolute Gasteiger partial charge is 0.366 e. The summed E-state index contributed by atoms with van der Waals surface area (Å²) in [5.74, 6) is -0.576. The lowest BCUT2D eigenvalue weighted by Crippen LogP contribution is -2.26. The minimum Gasteiger partial charge on any atom is -0.366 e. The van der Waals surface area contributed by atoms with Crippen LogP contribution in [0.25, 0.3) is 0 Å². The van der Waals surface area contributed by atoms with Crippen molar-refractivity contribution >= 4 is 27.3 Å². The zero-order valence-corrected chi connectivity index (χ0v) is 10.1. The van der Waals surface area contributed by atoms with Gasteiger partial charge in [0.25, 0.3) is 0 Å². The van der Waals surface area contributed by atoms with Crippen LogP contribution in [0.15, 0.2) is 11.4 Å². The summed E-state index contributed by atoms with van der Waals surface area (Å²) in [5, 5.41) is 9.41. The fourth-order valence-electron chi connectivity index (χ4n) is 1.03. The third-order valence-corrected chi connectivity index (χ3v) is 3.51. The van der Waals surface area contributed by atoms with Crippen molar-refractivity contribution in [3.8, 4) is 0 Å². The van der Waals surface area contributed by atoms with E-state index in [0.29, 0.717) is 12.1 Å². The van der Waals surface area contributed by atoms with Crippen molar-refractivity contribution in [2.45, 2.75) is 6.54 Å². The molecule has 0 aliphatic rings. The van der Waals surface area contributed by atoms with Crippen molar-refractivity contribution in [3.05, 3.63) is 21.9 Å². The van der Waals surface area contributed by atoms with Gasteiger partial charge in [0.1, 0.15) is 0 Å². The number of sulfonamides is 1. The van der Waals surface area contributed by atoms with E-state index in [0.717, 1.165) is 4.88 Å². The molecule has 0 atom stereocenters. The molecule has 0 aliphatic heterocycles. The summed E-state index contributed by atoms with van der Waals surface area (Å²) >= 11 is 1.39. The van der Waals surface area contributed by atoms with Crippen LogP contribution in [0.5, 0.6) is 0 Å². The van der Waals surface area contributed by atoms with Crippen LogP contribution >= 0.6 is 11.3 Å². The van der Waals surface area contributed by atoms with Gasteiger partial charge in [-0.05, 0) is 6.07 Å². The van der Waals surface area contributed by atoms with Gasteiger partial charge in [0.2, 0.25) is 15.9 Å². The van der Waals surface area contributed by atoms with E-state index in [1.54, 1.807) is 11.4 Å². The summed E-state index contributed by atoms with van der Waals surface area (Å²) in [6.45, 7) is 0.774. The molecule has 0 aliphatic carbocycles. The highest BCUT2D eigenvalue weighted by Crippen LogP contribution is 2.13. The number of carbonyl (C=O) groups excluding carboxylic acids is 1. The Morgan fingerprint density at radius 2 is 2.19 bits per heavy atom. The molecule has 0 spiro atoms. The predicted molar refractivity (Wildman–Crippen MR) is 62.5 cm³/mol. The lowest BCUT2D eigenvalue weighted by Gasteiger charge is -2.00. The van der Waals surface area contributed by atoms with E-state index in [1.807, 2.05) is 0 Å².